The lowest BCUT2D eigenvalue weighted by molar-refractivity contribution is 0.407. The maximum absolute atomic E-state index is 11.5. The van der Waals surface area contributed by atoms with E-state index in [1.165, 1.54) is 12.1 Å². The number of benzene rings is 1. The van der Waals surface area contributed by atoms with Gasteiger partial charge in [0.1, 0.15) is 5.76 Å². The van der Waals surface area contributed by atoms with Gasteiger partial charge in [-0.05, 0) is 64.5 Å². The smallest absolute Gasteiger partial charge is 0.328 e. The zero-order valence-corrected chi connectivity index (χ0v) is 19.2. The molecule has 0 aliphatic heterocycles. The summed E-state index contributed by atoms with van der Waals surface area (Å²) in [5, 5.41) is 0.782. The highest BCUT2D eigenvalue weighted by Gasteiger charge is 2.27. The molecule has 0 saturated heterocycles. The molecule has 32 heavy (non-hydrogen) atoms. The van der Waals surface area contributed by atoms with Crippen LogP contribution in [0.1, 0.15) is 0 Å². The van der Waals surface area contributed by atoms with Crippen LogP contribution in [0.5, 0.6) is 0 Å². The van der Waals surface area contributed by atoms with Crippen molar-refractivity contribution < 1.29 is 30.6 Å². The number of anilines is 1. The van der Waals surface area contributed by atoms with Crippen LogP contribution in [0.25, 0.3) is 45.1 Å². The molecule has 0 bridgehead atoms. The van der Waals surface area contributed by atoms with E-state index >= 15 is 0 Å². The predicted octanol–water partition coefficient (Wildman–Crippen LogP) is 6.29. The van der Waals surface area contributed by atoms with Gasteiger partial charge in [-0.1, -0.05) is 0 Å². The number of fused-ring (bicyclic) bond motifs is 1. The lowest BCUT2D eigenvalue weighted by atomic mass is 9.99. The van der Waals surface area contributed by atoms with E-state index in [-0.39, 0.29) is 11.5 Å². The zero-order chi connectivity index (χ0) is 22.6. The minimum absolute atomic E-state index is 0.141. The van der Waals surface area contributed by atoms with E-state index in [9.17, 15) is 13.0 Å². The maximum Gasteiger partial charge on any atom is 0.328 e. The third-order valence-electron chi connectivity index (χ3n) is 4.96. The zero-order valence-electron chi connectivity index (χ0n) is 16.8. The third kappa shape index (κ3) is 3.36. The van der Waals surface area contributed by atoms with Crippen LogP contribution in [0.4, 0.5) is 5.69 Å². The van der Waals surface area contributed by atoms with E-state index in [2.05, 4.69) is 15.9 Å². The summed E-state index contributed by atoms with van der Waals surface area (Å²) in [7, 11) is -0.663. The minimum atomic E-state index is -4.50. The fourth-order valence-corrected chi connectivity index (χ4v) is 4.38. The number of hydrogen-bond donors (Lipinski definition) is 1. The van der Waals surface area contributed by atoms with Gasteiger partial charge in [-0.3, -0.25) is 4.55 Å². The molecular weight excluding hydrogens is 502 g/mol. The van der Waals surface area contributed by atoms with Crippen molar-refractivity contribution in [2.45, 2.75) is 5.09 Å². The Balaban J connectivity index is 1.88. The summed E-state index contributed by atoms with van der Waals surface area (Å²) in [5.74, 6) is 1.92. The number of rotatable bonds is 5. The van der Waals surface area contributed by atoms with E-state index in [1.54, 1.807) is 24.5 Å². The first-order chi connectivity index (χ1) is 15.2. The van der Waals surface area contributed by atoms with Gasteiger partial charge in [0, 0.05) is 30.6 Å². The molecule has 4 heterocycles. The van der Waals surface area contributed by atoms with Crippen molar-refractivity contribution >= 4 is 42.5 Å². The van der Waals surface area contributed by atoms with Crippen LogP contribution in [-0.4, -0.2) is 27.1 Å². The molecule has 0 spiro atoms. The van der Waals surface area contributed by atoms with Crippen LogP contribution in [0.2, 0.25) is 0 Å². The Morgan fingerprint density at radius 3 is 2.22 bits per heavy atom. The van der Waals surface area contributed by atoms with Gasteiger partial charge in [0.2, 0.25) is 5.09 Å². The molecule has 5 rings (SSSR count). The number of halogens is 1. The van der Waals surface area contributed by atoms with Crippen molar-refractivity contribution in [1.29, 1.82) is 0 Å². The highest BCUT2D eigenvalue weighted by molar-refractivity contribution is 9.10. The van der Waals surface area contributed by atoms with E-state index in [0.29, 0.717) is 32.7 Å². The van der Waals surface area contributed by atoms with Crippen LogP contribution in [-0.2, 0) is 10.1 Å². The lowest BCUT2D eigenvalue weighted by Crippen LogP contribution is -2.10. The Morgan fingerprint density at radius 1 is 0.875 bits per heavy atom. The average Bonchev–Trinajstić information content (AvgIpc) is 3.51. The molecule has 0 unspecified atom stereocenters. The molecule has 0 amide bonds. The normalized spacial score (nSPS) is 12.0. The van der Waals surface area contributed by atoms with Gasteiger partial charge in [0.15, 0.2) is 27.7 Å². The summed E-state index contributed by atoms with van der Waals surface area (Å²) in [6.45, 7) is 0. The van der Waals surface area contributed by atoms with E-state index in [0.717, 1.165) is 11.3 Å². The van der Waals surface area contributed by atoms with Gasteiger partial charge < -0.3 is 22.6 Å². The number of nitrogens with zero attached hydrogens (tertiary/aromatic N) is 1. The Morgan fingerprint density at radius 2 is 1.62 bits per heavy atom. The Kier molecular flexibility index (Phi) is 4.81. The van der Waals surface area contributed by atoms with Crippen molar-refractivity contribution in [1.82, 2.24) is 0 Å². The average molecular weight is 518 g/mol. The number of furan rings is 4. The fraction of sp³-hybridized carbons (Fsp3) is 0.0909. The van der Waals surface area contributed by atoms with Gasteiger partial charge >= 0.3 is 10.1 Å². The van der Waals surface area contributed by atoms with Gasteiger partial charge in [0.05, 0.1) is 11.8 Å². The SMILES string of the molecule is CN(C)c1ccc2c(-c3ccc(S(=O)(=O)O)o3)oc(-c3ccc(Br)o3)c2c1-c1ccco1. The molecule has 0 radical (unpaired) electrons. The highest BCUT2D eigenvalue weighted by atomic mass is 79.9. The van der Waals surface area contributed by atoms with Gasteiger partial charge in [-0.15, -0.1) is 0 Å². The maximum atomic E-state index is 11.5. The van der Waals surface area contributed by atoms with E-state index in [4.69, 9.17) is 17.7 Å². The van der Waals surface area contributed by atoms with Crippen LogP contribution in [0.3, 0.4) is 0 Å². The second-order valence-corrected chi connectivity index (χ2v) is 9.35. The molecule has 0 fully saturated rings. The number of hydrogen-bond acceptors (Lipinski definition) is 7. The molecule has 8 nitrogen and oxygen atoms in total. The van der Waals surface area contributed by atoms with Crippen LogP contribution in [0, 0.1) is 0 Å². The van der Waals surface area contributed by atoms with Gasteiger partial charge in [-0.25, -0.2) is 0 Å². The second kappa shape index (κ2) is 7.44. The molecule has 1 aromatic carbocycles. The molecule has 0 saturated carbocycles. The molecule has 0 atom stereocenters. The van der Waals surface area contributed by atoms with Gasteiger partial charge in [-0.2, -0.15) is 8.42 Å². The monoisotopic (exact) mass is 517 g/mol. The molecule has 4 aromatic heterocycles. The lowest BCUT2D eigenvalue weighted by Gasteiger charge is -2.17. The minimum Gasteiger partial charge on any atom is -0.464 e. The molecule has 0 aliphatic carbocycles. The van der Waals surface area contributed by atoms with E-state index < -0.39 is 15.2 Å². The highest BCUT2D eigenvalue weighted by Crippen LogP contribution is 2.48. The summed E-state index contributed by atoms with van der Waals surface area (Å²) in [5.41, 5.74) is 1.65. The summed E-state index contributed by atoms with van der Waals surface area (Å²) in [6.07, 6.45) is 1.59. The predicted molar refractivity (Wildman–Crippen MR) is 121 cm³/mol. The summed E-state index contributed by atoms with van der Waals surface area (Å²) in [4.78, 5) is 1.95. The van der Waals surface area contributed by atoms with E-state index in [1.807, 2.05) is 37.2 Å². The molecule has 164 valence electrons. The first-order valence-corrected chi connectivity index (χ1v) is 11.6. The molecular formula is C22H16BrNO7S. The van der Waals surface area contributed by atoms with Crippen LogP contribution in [0.15, 0.2) is 82.2 Å². The first-order valence-electron chi connectivity index (χ1n) is 9.38. The van der Waals surface area contributed by atoms with Crippen molar-refractivity contribution in [2.75, 3.05) is 19.0 Å². The van der Waals surface area contributed by atoms with Crippen LogP contribution < -0.4 is 4.90 Å². The van der Waals surface area contributed by atoms with Gasteiger partial charge in [0.25, 0.3) is 0 Å². The summed E-state index contributed by atoms with van der Waals surface area (Å²) >= 11 is 3.32. The standard InChI is InChI=1S/C22H16BrNO7S/c1-24(2)13-6-5-12-19(20(13)14-4-3-11-28-14)22(16-7-9-17(23)29-16)31-21(12)15-8-10-18(30-15)32(25,26)27/h3-11H,1-2H3,(H,25,26,27). The Bertz CT molecular complexity index is 1540. The molecule has 0 aliphatic rings. The summed E-state index contributed by atoms with van der Waals surface area (Å²) < 4.78 is 55.9. The van der Waals surface area contributed by atoms with Crippen molar-refractivity contribution in [3.8, 4) is 34.4 Å². The van der Waals surface area contributed by atoms with Crippen LogP contribution >= 0.6 is 15.9 Å². The molecule has 10 heteroatoms. The second-order valence-electron chi connectivity index (χ2n) is 7.21. The fourth-order valence-electron chi connectivity index (χ4n) is 3.64. The quantitative estimate of drug-likeness (QED) is 0.271. The largest absolute Gasteiger partial charge is 0.464 e. The first kappa shape index (κ1) is 20.7. The van der Waals surface area contributed by atoms with Crippen molar-refractivity contribution in [3.63, 3.8) is 0 Å². The molecule has 1 N–H and O–H groups in total. The third-order valence-corrected chi connectivity index (χ3v) is 6.12. The summed E-state index contributed by atoms with van der Waals surface area (Å²) in [6, 6.07) is 13.5. The van der Waals surface area contributed by atoms with Crippen molar-refractivity contribution in [3.05, 3.63) is 59.5 Å². The van der Waals surface area contributed by atoms with Crippen molar-refractivity contribution in [2.24, 2.45) is 0 Å². The Hall–Kier alpha value is -3.21. The molecule has 5 aromatic rings. The topological polar surface area (TPSA) is 110 Å². The Labute approximate surface area is 190 Å².